The molecule has 1 aromatic heterocycles. The zero-order chi connectivity index (χ0) is 12.5. The summed E-state index contributed by atoms with van der Waals surface area (Å²) in [5, 5.41) is 3.04. The SMILES string of the molecule is C[C@@H]1[C@H]2CC[C@H](C2)[C@H]1C(=O)NCc1cncnc1. The van der Waals surface area contributed by atoms with Gasteiger partial charge in [-0.25, -0.2) is 9.97 Å². The first-order chi connectivity index (χ1) is 8.75. The lowest BCUT2D eigenvalue weighted by molar-refractivity contribution is -0.128. The molecule has 0 unspecified atom stereocenters. The summed E-state index contributed by atoms with van der Waals surface area (Å²) in [6.07, 6.45) is 8.82. The molecular formula is C14H19N3O. The van der Waals surface area contributed by atoms with Gasteiger partial charge < -0.3 is 5.32 Å². The Balaban J connectivity index is 1.59. The van der Waals surface area contributed by atoms with Gasteiger partial charge in [-0.05, 0) is 37.0 Å². The van der Waals surface area contributed by atoms with Crippen LogP contribution in [-0.4, -0.2) is 15.9 Å². The lowest BCUT2D eigenvalue weighted by Gasteiger charge is -2.27. The van der Waals surface area contributed by atoms with Crippen molar-refractivity contribution in [1.29, 1.82) is 0 Å². The number of hydrogen-bond acceptors (Lipinski definition) is 3. The number of carbonyl (C=O) groups is 1. The predicted octanol–water partition coefficient (Wildman–Crippen LogP) is 1.78. The molecule has 0 aliphatic heterocycles. The van der Waals surface area contributed by atoms with Crippen molar-refractivity contribution in [1.82, 2.24) is 15.3 Å². The number of aromatic nitrogens is 2. The monoisotopic (exact) mass is 245 g/mol. The van der Waals surface area contributed by atoms with Crippen molar-refractivity contribution in [2.75, 3.05) is 0 Å². The minimum Gasteiger partial charge on any atom is -0.352 e. The fourth-order valence-electron chi connectivity index (χ4n) is 3.76. The lowest BCUT2D eigenvalue weighted by atomic mass is 9.80. The first kappa shape index (κ1) is 11.6. The molecule has 96 valence electrons. The highest BCUT2D eigenvalue weighted by Gasteiger charge is 2.48. The standard InChI is InChI=1S/C14H19N3O/c1-9-11-2-3-12(4-11)13(9)14(18)17-7-10-5-15-8-16-6-10/h5-6,8-9,11-13H,2-4,7H2,1H3,(H,17,18)/t9-,11+,12-,13+/m1/s1. The number of fused-ring (bicyclic) bond motifs is 2. The van der Waals surface area contributed by atoms with Gasteiger partial charge in [-0.3, -0.25) is 4.79 Å². The van der Waals surface area contributed by atoms with Crippen LogP contribution >= 0.6 is 0 Å². The summed E-state index contributed by atoms with van der Waals surface area (Å²) in [5.41, 5.74) is 0.960. The van der Waals surface area contributed by atoms with Crippen LogP contribution in [0.3, 0.4) is 0 Å². The van der Waals surface area contributed by atoms with Crippen LogP contribution in [0.25, 0.3) is 0 Å². The Morgan fingerprint density at radius 3 is 2.72 bits per heavy atom. The third-order valence-corrected chi connectivity index (χ3v) is 4.72. The molecule has 0 saturated heterocycles. The summed E-state index contributed by atoms with van der Waals surface area (Å²) >= 11 is 0. The fraction of sp³-hybridized carbons (Fsp3) is 0.643. The van der Waals surface area contributed by atoms with Gasteiger partial charge in [0, 0.05) is 30.4 Å². The van der Waals surface area contributed by atoms with Crippen LogP contribution in [0.1, 0.15) is 31.7 Å². The van der Waals surface area contributed by atoms with Gasteiger partial charge in [0.2, 0.25) is 5.91 Å². The van der Waals surface area contributed by atoms with E-state index in [1.807, 2.05) is 0 Å². The van der Waals surface area contributed by atoms with Gasteiger partial charge in [-0.15, -0.1) is 0 Å². The van der Waals surface area contributed by atoms with Gasteiger partial charge in [0.15, 0.2) is 0 Å². The second kappa shape index (κ2) is 4.67. The van der Waals surface area contributed by atoms with Crippen molar-refractivity contribution in [2.24, 2.45) is 23.7 Å². The molecule has 1 N–H and O–H groups in total. The molecule has 1 amide bonds. The van der Waals surface area contributed by atoms with Crippen molar-refractivity contribution < 1.29 is 4.79 Å². The van der Waals surface area contributed by atoms with Crippen LogP contribution < -0.4 is 5.32 Å². The maximum Gasteiger partial charge on any atom is 0.223 e. The molecule has 0 aromatic carbocycles. The van der Waals surface area contributed by atoms with Gasteiger partial charge >= 0.3 is 0 Å². The molecule has 0 spiro atoms. The summed E-state index contributed by atoms with van der Waals surface area (Å²) in [6.45, 7) is 2.78. The molecule has 0 radical (unpaired) electrons. The minimum absolute atomic E-state index is 0.221. The molecule has 4 atom stereocenters. The lowest BCUT2D eigenvalue weighted by Crippen LogP contribution is -2.37. The average Bonchev–Trinajstić information content (AvgIpc) is 2.98. The van der Waals surface area contributed by atoms with Crippen molar-refractivity contribution in [3.63, 3.8) is 0 Å². The van der Waals surface area contributed by atoms with E-state index in [4.69, 9.17) is 0 Å². The highest BCUT2D eigenvalue weighted by molar-refractivity contribution is 5.79. The number of nitrogens with one attached hydrogen (secondary N) is 1. The highest BCUT2D eigenvalue weighted by atomic mass is 16.1. The Kier molecular flexibility index (Phi) is 3.02. The van der Waals surface area contributed by atoms with Crippen LogP contribution in [0.15, 0.2) is 18.7 Å². The Morgan fingerprint density at radius 2 is 2.06 bits per heavy atom. The molecule has 2 aliphatic rings. The molecule has 2 fully saturated rings. The summed E-state index contributed by atoms with van der Waals surface area (Å²) < 4.78 is 0. The van der Waals surface area contributed by atoms with Crippen molar-refractivity contribution in [3.8, 4) is 0 Å². The number of rotatable bonds is 3. The quantitative estimate of drug-likeness (QED) is 0.883. The van der Waals surface area contributed by atoms with Crippen LogP contribution in [0.4, 0.5) is 0 Å². The normalized spacial score (nSPS) is 33.6. The summed E-state index contributed by atoms with van der Waals surface area (Å²) in [4.78, 5) is 20.2. The fourth-order valence-corrected chi connectivity index (χ4v) is 3.76. The van der Waals surface area contributed by atoms with E-state index in [0.717, 1.165) is 11.5 Å². The summed E-state index contributed by atoms with van der Waals surface area (Å²) in [5.74, 6) is 2.41. The zero-order valence-electron chi connectivity index (χ0n) is 10.7. The number of nitrogens with zero attached hydrogens (tertiary/aromatic N) is 2. The Bertz CT molecular complexity index is 432. The van der Waals surface area contributed by atoms with Gasteiger partial charge in [-0.2, -0.15) is 0 Å². The minimum atomic E-state index is 0.221. The largest absolute Gasteiger partial charge is 0.352 e. The second-order valence-corrected chi connectivity index (χ2v) is 5.68. The zero-order valence-corrected chi connectivity index (χ0v) is 10.7. The predicted molar refractivity (Wildman–Crippen MR) is 67.4 cm³/mol. The maximum absolute atomic E-state index is 12.3. The first-order valence-electron chi connectivity index (χ1n) is 6.77. The highest BCUT2D eigenvalue weighted by Crippen LogP contribution is 2.52. The topological polar surface area (TPSA) is 54.9 Å². The molecule has 1 heterocycles. The molecule has 4 heteroatoms. The molecular weight excluding hydrogens is 226 g/mol. The van der Waals surface area contributed by atoms with Crippen molar-refractivity contribution in [3.05, 3.63) is 24.3 Å². The van der Waals surface area contributed by atoms with E-state index < -0.39 is 0 Å². The average molecular weight is 245 g/mol. The third-order valence-electron chi connectivity index (χ3n) is 4.72. The third kappa shape index (κ3) is 2.00. The molecule has 3 rings (SSSR count). The maximum atomic E-state index is 12.3. The van der Waals surface area contributed by atoms with E-state index in [1.165, 1.54) is 25.6 Å². The first-order valence-corrected chi connectivity index (χ1v) is 6.77. The summed E-state index contributed by atoms with van der Waals surface area (Å²) in [7, 11) is 0. The Morgan fingerprint density at radius 1 is 1.33 bits per heavy atom. The number of carbonyl (C=O) groups excluding carboxylic acids is 1. The van der Waals surface area contributed by atoms with Gasteiger partial charge in [-0.1, -0.05) is 6.92 Å². The molecule has 2 bridgehead atoms. The van der Waals surface area contributed by atoms with Crippen LogP contribution in [-0.2, 0) is 11.3 Å². The van der Waals surface area contributed by atoms with E-state index in [2.05, 4.69) is 22.2 Å². The molecule has 4 nitrogen and oxygen atoms in total. The van der Waals surface area contributed by atoms with Gasteiger partial charge in [0.1, 0.15) is 6.33 Å². The van der Waals surface area contributed by atoms with Crippen LogP contribution in [0, 0.1) is 23.7 Å². The molecule has 1 aromatic rings. The van der Waals surface area contributed by atoms with Crippen LogP contribution in [0.2, 0.25) is 0 Å². The van der Waals surface area contributed by atoms with E-state index in [9.17, 15) is 4.79 Å². The van der Waals surface area contributed by atoms with E-state index in [0.29, 0.717) is 18.4 Å². The summed E-state index contributed by atoms with van der Waals surface area (Å²) in [6, 6.07) is 0. The Labute approximate surface area is 107 Å². The Hall–Kier alpha value is -1.45. The molecule has 2 saturated carbocycles. The molecule has 18 heavy (non-hydrogen) atoms. The van der Waals surface area contributed by atoms with Crippen molar-refractivity contribution >= 4 is 5.91 Å². The van der Waals surface area contributed by atoms with E-state index in [1.54, 1.807) is 12.4 Å². The number of amides is 1. The second-order valence-electron chi connectivity index (χ2n) is 5.68. The van der Waals surface area contributed by atoms with Gasteiger partial charge in [0.25, 0.3) is 0 Å². The number of hydrogen-bond donors (Lipinski definition) is 1. The van der Waals surface area contributed by atoms with E-state index >= 15 is 0 Å². The molecule has 2 aliphatic carbocycles. The van der Waals surface area contributed by atoms with E-state index in [-0.39, 0.29) is 11.8 Å². The van der Waals surface area contributed by atoms with Gasteiger partial charge in [0.05, 0.1) is 0 Å². The van der Waals surface area contributed by atoms with Crippen LogP contribution in [0.5, 0.6) is 0 Å². The van der Waals surface area contributed by atoms with Crippen molar-refractivity contribution in [2.45, 2.75) is 32.7 Å². The smallest absolute Gasteiger partial charge is 0.223 e.